The summed E-state index contributed by atoms with van der Waals surface area (Å²) in [5.41, 5.74) is 0.498. The van der Waals surface area contributed by atoms with Crippen molar-refractivity contribution in [3.05, 3.63) is 35.4 Å². The quantitative estimate of drug-likeness (QED) is 0.888. The van der Waals surface area contributed by atoms with Gasteiger partial charge in [-0.3, -0.25) is 0 Å². The number of benzene rings is 1. The molecule has 1 unspecified atom stereocenters. The van der Waals surface area contributed by atoms with Crippen molar-refractivity contribution in [2.75, 3.05) is 6.61 Å². The third-order valence-electron chi connectivity index (χ3n) is 2.67. The summed E-state index contributed by atoms with van der Waals surface area (Å²) in [5.74, 6) is -1.47. The number of halogens is 2. The van der Waals surface area contributed by atoms with Gasteiger partial charge in [-0.15, -0.1) is 0 Å². The Morgan fingerprint density at radius 2 is 1.84 bits per heavy atom. The second kappa shape index (κ2) is 7.07. The van der Waals surface area contributed by atoms with Gasteiger partial charge in [-0.05, 0) is 38.0 Å². The Kier molecular flexibility index (Phi) is 5.73. The van der Waals surface area contributed by atoms with Gasteiger partial charge in [0.1, 0.15) is 18.2 Å². The van der Waals surface area contributed by atoms with E-state index in [9.17, 15) is 13.6 Å². The molecule has 1 aromatic rings. The summed E-state index contributed by atoms with van der Waals surface area (Å²) in [5, 5.41) is 2.59. The van der Waals surface area contributed by atoms with Gasteiger partial charge >= 0.3 is 6.09 Å². The van der Waals surface area contributed by atoms with Crippen LogP contribution in [0.2, 0.25) is 0 Å². The Labute approximate surface area is 112 Å². The zero-order chi connectivity index (χ0) is 14.4. The maximum absolute atomic E-state index is 13.1. The Hall–Kier alpha value is -1.65. The molecule has 0 aliphatic heterocycles. The molecule has 3 nitrogen and oxygen atoms in total. The van der Waals surface area contributed by atoms with Crippen LogP contribution in [0.25, 0.3) is 0 Å². The average molecular weight is 271 g/mol. The molecule has 0 spiro atoms. The van der Waals surface area contributed by atoms with Crippen LogP contribution in [0.15, 0.2) is 18.2 Å². The van der Waals surface area contributed by atoms with Crippen LogP contribution in [0.3, 0.4) is 0 Å². The van der Waals surface area contributed by atoms with E-state index in [1.54, 1.807) is 0 Å². The average Bonchev–Trinajstić information content (AvgIpc) is 2.27. The molecule has 106 valence electrons. The van der Waals surface area contributed by atoms with Crippen LogP contribution < -0.4 is 5.32 Å². The van der Waals surface area contributed by atoms with Crippen LogP contribution in [-0.2, 0) is 4.74 Å². The van der Waals surface area contributed by atoms with Gasteiger partial charge in [-0.2, -0.15) is 0 Å². The van der Waals surface area contributed by atoms with Crippen molar-refractivity contribution in [2.24, 2.45) is 0 Å². The second-order valence-electron chi connectivity index (χ2n) is 4.71. The van der Waals surface area contributed by atoms with Crippen molar-refractivity contribution >= 4 is 6.09 Å². The lowest BCUT2D eigenvalue weighted by Crippen LogP contribution is -2.31. The maximum Gasteiger partial charge on any atom is 0.407 e. The molecule has 19 heavy (non-hydrogen) atoms. The van der Waals surface area contributed by atoms with E-state index < -0.39 is 17.7 Å². The lowest BCUT2D eigenvalue weighted by Gasteiger charge is -2.17. The zero-order valence-corrected chi connectivity index (χ0v) is 11.4. The van der Waals surface area contributed by atoms with E-state index in [2.05, 4.69) is 5.32 Å². The minimum absolute atomic E-state index is 0.0146. The number of alkyl carbamates (subject to hydrolysis) is 1. The summed E-state index contributed by atoms with van der Waals surface area (Å²) >= 11 is 0. The molecular formula is C14H19F2NO2. The lowest BCUT2D eigenvalue weighted by molar-refractivity contribution is 0.135. The number of nitrogens with one attached hydrogen (secondary N) is 1. The van der Waals surface area contributed by atoms with Crippen LogP contribution in [0, 0.1) is 11.6 Å². The summed E-state index contributed by atoms with van der Waals surface area (Å²) in [6.45, 7) is 5.61. The molecule has 1 rings (SSSR count). The molecule has 0 aliphatic rings. The lowest BCUT2D eigenvalue weighted by atomic mass is 9.97. The van der Waals surface area contributed by atoms with Crippen molar-refractivity contribution in [2.45, 2.75) is 39.2 Å². The van der Waals surface area contributed by atoms with Crippen LogP contribution in [0.5, 0.6) is 0 Å². The van der Waals surface area contributed by atoms with Gasteiger partial charge in [0.25, 0.3) is 0 Å². The molecule has 1 atom stereocenters. The SMILES string of the molecule is CCC(COC(=O)NC(C)C)c1cc(F)cc(F)c1. The molecule has 0 aliphatic carbocycles. The Morgan fingerprint density at radius 1 is 1.26 bits per heavy atom. The standard InChI is InChI=1S/C14H19F2NO2/c1-4-10(8-19-14(18)17-9(2)3)11-5-12(15)7-13(16)6-11/h5-7,9-10H,4,8H2,1-3H3,(H,17,18). The number of ether oxygens (including phenoxy) is 1. The van der Waals surface area contributed by atoms with Gasteiger partial charge in [0.2, 0.25) is 0 Å². The molecule has 1 amide bonds. The third-order valence-corrected chi connectivity index (χ3v) is 2.67. The normalized spacial score (nSPS) is 12.3. The first-order chi connectivity index (χ1) is 8.92. The first-order valence-electron chi connectivity index (χ1n) is 6.31. The number of hydrogen-bond donors (Lipinski definition) is 1. The zero-order valence-electron chi connectivity index (χ0n) is 11.4. The summed E-state index contributed by atoms with van der Waals surface area (Å²) in [6.07, 6.45) is 0.100. The van der Waals surface area contributed by atoms with Crippen molar-refractivity contribution < 1.29 is 18.3 Å². The number of carbonyl (C=O) groups excluding carboxylic acids is 1. The number of hydrogen-bond acceptors (Lipinski definition) is 2. The third kappa shape index (κ3) is 5.24. The Morgan fingerprint density at radius 3 is 2.32 bits per heavy atom. The van der Waals surface area contributed by atoms with E-state index in [1.165, 1.54) is 12.1 Å². The van der Waals surface area contributed by atoms with Gasteiger partial charge < -0.3 is 10.1 Å². The minimum atomic E-state index is -0.625. The molecule has 0 bridgehead atoms. The molecule has 0 radical (unpaired) electrons. The molecule has 1 N–H and O–H groups in total. The molecule has 0 saturated heterocycles. The van der Waals surface area contributed by atoms with E-state index in [0.29, 0.717) is 12.0 Å². The Bertz CT molecular complexity index is 415. The van der Waals surface area contributed by atoms with Gasteiger partial charge in [-0.1, -0.05) is 6.92 Å². The number of amides is 1. The van der Waals surface area contributed by atoms with Crippen molar-refractivity contribution in [1.82, 2.24) is 5.32 Å². The van der Waals surface area contributed by atoms with E-state index >= 15 is 0 Å². The highest BCUT2D eigenvalue weighted by Gasteiger charge is 2.15. The van der Waals surface area contributed by atoms with E-state index in [1.807, 2.05) is 20.8 Å². The predicted molar refractivity (Wildman–Crippen MR) is 69.0 cm³/mol. The van der Waals surface area contributed by atoms with E-state index in [-0.39, 0.29) is 18.6 Å². The fraction of sp³-hybridized carbons (Fsp3) is 0.500. The highest BCUT2D eigenvalue weighted by Crippen LogP contribution is 2.22. The van der Waals surface area contributed by atoms with Gasteiger partial charge in [-0.25, -0.2) is 13.6 Å². The summed E-state index contributed by atoms with van der Waals surface area (Å²) < 4.78 is 31.3. The molecule has 5 heteroatoms. The molecule has 1 aromatic carbocycles. The van der Waals surface area contributed by atoms with Gasteiger partial charge in [0.05, 0.1) is 0 Å². The molecule has 0 saturated carbocycles. The summed E-state index contributed by atoms with van der Waals surface area (Å²) in [4.78, 5) is 11.4. The van der Waals surface area contributed by atoms with Crippen LogP contribution in [0.1, 0.15) is 38.7 Å². The number of rotatable bonds is 5. The largest absolute Gasteiger partial charge is 0.449 e. The van der Waals surface area contributed by atoms with Crippen LogP contribution >= 0.6 is 0 Å². The van der Waals surface area contributed by atoms with Gasteiger partial charge in [0, 0.05) is 18.0 Å². The predicted octanol–water partition coefficient (Wildman–Crippen LogP) is 3.59. The highest BCUT2D eigenvalue weighted by molar-refractivity contribution is 5.67. The van der Waals surface area contributed by atoms with E-state index in [4.69, 9.17) is 4.74 Å². The first-order valence-corrected chi connectivity index (χ1v) is 6.31. The summed E-state index contributed by atoms with van der Waals surface area (Å²) in [7, 11) is 0. The summed E-state index contributed by atoms with van der Waals surface area (Å²) in [6, 6.07) is 3.34. The molecule has 0 aromatic heterocycles. The minimum Gasteiger partial charge on any atom is -0.449 e. The van der Waals surface area contributed by atoms with Crippen molar-refractivity contribution in [3.8, 4) is 0 Å². The Balaban J connectivity index is 2.65. The number of carbonyl (C=O) groups is 1. The first kappa shape index (κ1) is 15.4. The van der Waals surface area contributed by atoms with Crippen LogP contribution in [0.4, 0.5) is 13.6 Å². The van der Waals surface area contributed by atoms with Gasteiger partial charge in [0.15, 0.2) is 0 Å². The smallest absolute Gasteiger partial charge is 0.407 e. The van der Waals surface area contributed by atoms with Crippen molar-refractivity contribution in [1.29, 1.82) is 0 Å². The topological polar surface area (TPSA) is 38.3 Å². The highest BCUT2D eigenvalue weighted by atomic mass is 19.1. The molecule has 0 heterocycles. The second-order valence-corrected chi connectivity index (χ2v) is 4.71. The fourth-order valence-electron chi connectivity index (χ4n) is 1.71. The van der Waals surface area contributed by atoms with Crippen LogP contribution in [-0.4, -0.2) is 18.7 Å². The van der Waals surface area contributed by atoms with Crippen molar-refractivity contribution in [3.63, 3.8) is 0 Å². The fourth-order valence-corrected chi connectivity index (χ4v) is 1.71. The molecule has 0 fully saturated rings. The monoisotopic (exact) mass is 271 g/mol. The van der Waals surface area contributed by atoms with E-state index in [0.717, 1.165) is 6.07 Å². The molecular weight excluding hydrogens is 252 g/mol. The maximum atomic E-state index is 13.1.